The molecule has 4 heteroatoms. The summed E-state index contributed by atoms with van der Waals surface area (Å²) in [7, 11) is 0. The van der Waals surface area contributed by atoms with E-state index in [4.69, 9.17) is 11.6 Å². The second-order valence-corrected chi connectivity index (χ2v) is 6.21. The van der Waals surface area contributed by atoms with E-state index in [0.717, 1.165) is 10.9 Å². The first-order valence-corrected chi connectivity index (χ1v) is 6.75. The lowest BCUT2D eigenvalue weighted by molar-refractivity contribution is 0.0935. The van der Waals surface area contributed by atoms with Gasteiger partial charge in [-0.2, -0.15) is 0 Å². The molecule has 0 spiro atoms. The molecule has 94 valence electrons. The van der Waals surface area contributed by atoms with Gasteiger partial charge in [0.15, 0.2) is 0 Å². The number of carbonyl (C=O) groups is 1. The molecule has 2 nitrogen and oxygen atoms in total. The topological polar surface area (TPSA) is 29.1 Å². The number of rotatable bonds is 4. The number of nitrogens with one attached hydrogen (secondary N) is 1. The fourth-order valence-corrected chi connectivity index (χ4v) is 2.09. The molecular formula is C13H17BrClNO. The van der Waals surface area contributed by atoms with Crippen LogP contribution in [0, 0.1) is 5.41 Å². The van der Waals surface area contributed by atoms with E-state index in [0.29, 0.717) is 17.1 Å². The lowest BCUT2D eigenvalue weighted by atomic mass is 9.90. The fourth-order valence-electron chi connectivity index (χ4n) is 1.23. The SMILES string of the molecule is CCC(C)(C)CNC(=O)c1cc(Cl)cc(Br)c1. The summed E-state index contributed by atoms with van der Waals surface area (Å²) in [5.41, 5.74) is 0.696. The Morgan fingerprint density at radius 1 is 1.41 bits per heavy atom. The molecule has 1 rings (SSSR count). The van der Waals surface area contributed by atoms with Crippen LogP contribution in [0.5, 0.6) is 0 Å². The number of hydrogen-bond donors (Lipinski definition) is 1. The Morgan fingerprint density at radius 2 is 2.06 bits per heavy atom. The minimum absolute atomic E-state index is 0.0882. The average Bonchev–Trinajstić information content (AvgIpc) is 2.24. The third kappa shape index (κ3) is 4.68. The van der Waals surface area contributed by atoms with Crippen molar-refractivity contribution < 1.29 is 4.79 Å². The minimum Gasteiger partial charge on any atom is -0.352 e. The maximum atomic E-state index is 11.9. The zero-order valence-corrected chi connectivity index (χ0v) is 12.7. The molecule has 0 aliphatic heterocycles. The highest BCUT2D eigenvalue weighted by atomic mass is 79.9. The molecule has 1 amide bonds. The Morgan fingerprint density at radius 3 is 2.59 bits per heavy atom. The van der Waals surface area contributed by atoms with Gasteiger partial charge in [0, 0.05) is 21.6 Å². The molecule has 17 heavy (non-hydrogen) atoms. The van der Waals surface area contributed by atoms with E-state index in [1.54, 1.807) is 18.2 Å². The van der Waals surface area contributed by atoms with Crippen LogP contribution < -0.4 is 5.32 Å². The van der Waals surface area contributed by atoms with Crippen LogP contribution in [-0.4, -0.2) is 12.5 Å². The van der Waals surface area contributed by atoms with Gasteiger partial charge in [-0.05, 0) is 30.0 Å². The van der Waals surface area contributed by atoms with Gasteiger partial charge >= 0.3 is 0 Å². The van der Waals surface area contributed by atoms with Gasteiger partial charge < -0.3 is 5.32 Å². The van der Waals surface area contributed by atoms with Crippen molar-refractivity contribution in [3.63, 3.8) is 0 Å². The Kier molecular flexibility index (Phi) is 5.02. The van der Waals surface area contributed by atoms with Crippen molar-refractivity contribution in [3.8, 4) is 0 Å². The van der Waals surface area contributed by atoms with E-state index in [9.17, 15) is 4.79 Å². The average molecular weight is 319 g/mol. The van der Waals surface area contributed by atoms with Crippen LogP contribution in [0.25, 0.3) is 0 Å². The number of amides is 1. The molecule has 1 aromatic rings. The van der Waals surface area contributed by atoms with Crippen molar-refractivity contribution in [3.05, 3.63) is 33.3 Å². The molecule has 0 bridgehead atoms. The minimum atomic E-state index is -0.0882. The van der Waals surface area contributed by atoms with Gasteiger partial charge in [-0.3, -0.25) is 4.79 Å². The zero-order valence-electron chi connectivity index (χ0n) is 10.3. The Hall–Kier alpha value is -0.540. The van der Waals surface area contributed by atoms with Crippen LogP contribution in [0.3, 0.4) is 0 Å². The standard InChI is InChI=1S/C13H17BrClNO/c1-4-13(2,3)8-16-12(17)9-5-10(14)7-11(15)6-9/h5-7H,4,8H2,1-3H3,(H,16,17). The van der Waals surface area contributed by atoms with Crippen molar-refractivity contribution in [2.24, 2.45) is 5.41 Å². The summed E-state index contributed by atoms with van der Waals surface area (Å²) in [6.45, 7) is 7.02. The third-order valence-corrected chi connectivity index (χ3v) is 3.49. The maximum Gasteiger partial charge on any atom is 0.251 e. The highest BCUT2D eigenvalue weighted by Gasteiger charge is 2.17. The molecule has 0 saturated carbocycles. The maximum absolute atomic E-state index is 11.9. The summed E-state index contributed by atoms with van der Waals surface area (Å²) in [4.78, 5) is 11.9. The monoisotopic (exact) mass is 317 g/mol. The van der Waals surface area contributed by atoms with E-state index in [2.05, 4.69) is 42.0 Å². The van der Waals surface area contributed by atoms with Crippen LogP contribution in [0.1, 0.15) is 37.6 Å². The number of hydrogen-bond acceptors (Lipinski definition) is 1. The van der Waals surface area contributed by atoms with E-state index >= 15 is 0 Å². The molecular weight excluding hydrogens is 302 g/mol. The van der Waals surface area contributed by atoms with Crippen molar-refractivity contribution in [1.29, 1.82) is 0 Å². The van der Waals surface area contributed by atoms with Crippen LogP contribution in [0.15, 0.2) is 22.7 Å². The van der Waals surface area contributed by atoms with Gasteiger partial charge in [-0.25, -0.2) is 0 Å². The van der Waals surface area contributed by atoms with Crippen LogP contribution >= 0.6 is 27.5 Å². The van der Waals surface area contributed by atoms with E-state index in [1.165, 1.54) is 0 Å². The number of benzene rings is 1. The van der Waals surface area contributed by atoms with E-state index in [1.807, 2.05) is 0 Å². The zero-order chi connectivity index (χ0) is 13.1. The number of carbonyl (C=O) groups excluding carboxylic acids is 1. The van der Waals surface area contributed by atoms with Crippen LogP contribution in [0.4, 0.5) is 0 Å². The van der Waals surface area contributed by atoms with Crippen molar-refractivity contribution in [2.75, 3.05) is 6.54 Å². The summed E-state index contributed by atoms with van der Waals surface area (Å²) >= 11 is 9.22. The summed E-state index contributed by atoms with van der Waals surface area (Å²) in [5, 5.41) is 3.48. The van der Waals surface area contributed by atoms with Crippen LogP contribution in [0.2, 0.25) is 5.02 Å². The molecule has 0 fully saturated rings. The first-order chi connectivity index (χ1) is 7.84. The summed E-state index contributed by atoms with van der Waals surface area (Å²) in [6.07, 6.45) is 1.02. The largest absolute Gasteiger partial charge is 0.352 e. The van der Waals surface area contributed by atoms with Gasteiger partial charge in [-0.15, -0.1) is 0 Å². The molecule has 0 radical (unpaired) electrons. The highest BCUT2D eigenvalue weighted by Crippen LogP contribution is 2.21. The molecule has 0 aromatic heterocycles. The molecule has 0 unspecified atom stereocenters. The van der Waals surface area contributed by atoms with Gasteiger partial charge in [0.05, 0.1) is 0 Å². The lowest BCUT2D eigenvalue weighted by Gasteiger charge is -2.22. The summed E-state index contributed by atoms with van der Waals surface area (Å²) in [6, 6.07) is 5.19. The first-order valence-electron chi connectivity index (χ1n) is 5.58. The number of halogens is 2. The quantitative estimate of drug-likeness (QED) is 0.882. The third-order valence-electron chi connectivity index (χ3n) is 2.81. The van der Waals surface area contributed by atoms with Gasteiger partial charge in [0.2, 0.25) is 0 Å². The lowest BCUT2D eigenvalue weighted by Crippen LogP contribution is -2.33. The molecule has 0 heterocycles. The molecule has 0 aliphatic rings. The van der Waals surface area contributed by atoms with Gasteiger partial charge in [0.1, 0.15) is 0 Å². The molecule has 1 N–H and O–H groups in total. The Labute approximate surface area is 116 Å². The van der Waals surface area contributed by atoms with Crippen molar-refractivity contribution in [1.82, 2.24) is 5.32 Å². The molecule has 1 aromatic carbocycles. The highest BCUT2D eigenvalue weighted by molar-refractivity contribution is 9.10. The molecule has 0 saturated heterocycles. The first kappa shape index (κ1) is 14.5. The fraction of sp³-hybridized carbons (Fsp3) is 0.462. The second-order valence-electron chi connectivity index (χ2n) is 4.86. The normalized spacial score (nSPS) is 11.4. The Bertz CT molecular complexity index is 398. The summed E-state index contributed by atoms with van der Waals surface area (Å²) < 4.78 is 0.810. The van der Waals surface area contributed by atoms with E-state index in [-0.39, 0.29) is 11.3 Å². The molecule has 0 aliphatic carbocycles. The predicted octanol–water partition coefficient (Wildman–Crippen LogP) is 4.27. The van der Waals surface area contributed by atoms with E-state index < -0.39 is 0 Å². The summed E-state index contributed by atoms with van der Waals surface area (Å²) in [5.74, 6) is -0.0882. The van der Waals surface area contributed by atoms with Crippen molar-refractivity contribution in [2.45, 2.75) is 27.2 Å². The van der Waals surface area contributed by atoms with Gasteiger partial charge in [-0.1, -0.05) is 48.3 Å². The predicted molar refractivity (Wildman–Crippen MR) is 75.6 cm³/mol. The second kappa shape index (κ2) is 5.87. The Balaban J connectivity index is 2.70. The van der Waals surface area contributed by atoms with Gasteiger partial charge in [0.25, 0.3) is 5.91 Å². The molecule has 0 atom stereocenters. The van der Waals surface area contributed by atoms with Crippen LogP contribution in [-0.2, 0) is 0 Å². The van der Waals surface area contributed by atoms with Crippen molar-refractivity contribution >= 4 is 33.4 Å². The smallest absolute Gasteiger partial charge is 0.251 e.